The maximum Gasteiger partial charge on any atom is 0.599 e. The minimum atomic E-state index is -2.81. The fourth-order valence-corrected chi connectivity index (χ4v) is 7.08. The monoisotopic (exact) mass is 303 g/mol. The lowest BCUT2D eigenvalue weighted by molar-refractivity contribution is -0.0694. The maximum atomic E-state index is 5.76. The van der Waals surface area contributed by atoms with E-state index in [0.717, 1.165) is 18.8 Å². The Balaban J connectivity index is 3.17. The molecule has 1 rings (SSSR count). The van der Waals surface area contributed by atoms with Crippen molar-refractivity contribution >= 4 is 8.97 Å². The minimum absolute atomic E-state index is 0.00976. The number of rotatable bonds is 6. The van der Waals surface area contributed by atoms with Gasteiger partial charge in [-0.1, -0.05) is 19.8 Å². The third kappa shape index (κ3) is 3.27. The van der Waals surface area contributed by atoms with Crippen molar-refractivity contribution in [2.75, 3.05) is 21.3 Å². The van der Waals surface area contributed by atoms with Crippen molar-refractivity contribution in [1.82, 2.24) is 4.57 Å². The lowest BCUT2D eigenvalue weighted by atomic mass is 9.74. The SMILES string of the molecule is CCCC1CC(C)(C)N([Si](OC)(OC)OC)C(C)(C)C1. The fraction of sp³-hybridized carbons (Fsp3) is 1.00. The minimum Gasteiger partial charge on any atom is -0.364 e. The summed E-state index contributed by atoms with van der Waals surface area (Å²) in [7, 11) is 2.29. The van der Waals surface area contributed by atoms with Crippen molar-refractivity contribution in [2.24, 2.45) is 5.92 Å². The number of nitrogens with zero attached hydrogens (tertiary/aromatic N) is 1. The van der Waals surface area contributed by atoms with Crippen LogP contribution in [0.5, 0.6) is 0 Å². The van der Waals surface area contributed by atoms with E-state index in [1.165, 1.54) is 12.8 Å². The van der Waals surface area contributed by atoms with Gasteiger partial charge in [0.2, 0.25) is 0 Å². The molecule has 1 saturated heterocycles. The highest BCUT2D eigenvalue weighted by molar-refractivity contribution is 6.57. The second-order valence-electron chi connectivity index (χ2n) is 7.16. The fourth-order valence-electron chi connectivity index (χ4n) is 4.36. The van der Waals surface area contributed by atoms with Crippen LogP contribution in [-0.4, -0.2) is 45.9 Å². The molecule has 20 heavy (non-hydrogen) atoms. The zero-order valence-corrected chi connectivity index (χ0v) is 15.6. The molecule has 0 radical (unpaired) electrons. The smallest absolute Gasteiger partial charge is 0.364 e. The molecule has 5 heteroatoms. The Morgan fingerprint density at radius 1 is 0.950 bits per heavy atom. The highest BCUT2D eigenvalue weighted by Crippen LogP contribution is 2.46. The predicted octanol–water partition coefficient (Wildman–Crippen LogP) is 3.43. The van der Waals surface area contributed by atoms with Crippen LogP contribution in [0.25, 0.3) is 0 Å². The van der Waals surface area contributed by atoms with Gasteiger partial charge in [-0.05, 0) is 46.5 Å². The van der Waals surface area contributed by atoms with Gasteiger partial charge >= 0.3 is 8.97 Å². The normalized spacial score (nSPS) is 24.0. The number of hydrogen-bond acceptors (Lipinski definition) is 4. The molecule has 0 spiro atoms. The van der Waals surface area contributed by atoms with Gasteiger partial charge in [0.25, 0.3) is 0 Å². The van der Waals surface area contributed by atoms with E-state index in [1.807, 2.05) is 0 Å². The van der Waals surface area contributed by atoms with Crippen LogP contribution in [0.1, 0.15) is 60.3 Å². The molecule has 0 aromatic rings. The molecule has 0 aromatic heterocycles. The van der Waals surface area contributed by atoms with Crippen molar-refractivity contribution in [2.45, 2.75) is 71.4 Å². The first-order chi connectivity index (χ1) is 9.19. The molecule has 0 aliphatic carbocycles. The molecule has 0 amide bonds. The van der Waals surface area contributed by atoms with Gasteiger partial charge in [-0.25, -0.2) is 4.57 Å². The van der Waals surface area contributed by atoms with Crippen LogP contribution >= 0.6 is 0 Å². The summed E-state index contributed by atoms with van der Waals surface area (Å²) in [6.45, 7) is 11.4. The molecule has 0 atom stereocenters. The Hall–Kier alpha value is 0.0569. The van der Waals surface area contributed by atoms with E-state index in [2.05, 4.69) is 39.2 Å². The van der Waals surface area contributed by atoms with Crippen molar-refractivity contribution < 1.29 is 13.3 Å². The standard InChI is InChI=1S/C15H33NO3Si/c1-9-10-13-11-14(2,3)16(15(4,5)12-13)20(17-6,18-7)19-8/h13H,9-12H2,1-8H3. The molecule has 1 aliphatic rings. The molecular formula is C15H33NO3Si. The molecule has 1 heterocycles. The van der Waals surface area contributed by atoms with Gasteiger partial charge in [-0.2, -0.15) is 0 Å². The zero-order valence-electron chi connectivity index (χ0n) is 14.6. The van der Waals surface area contributed by atoms with Crippen molar-refractivity contribution in [3.05, 3.63) is 0 Å². The number of hydrogen-bond donors (Lipinski definition) is 0. The molecule has 0 N–H and O–H groups in total. The third-order valence-corrected chi connectivity index (χ3v) is 7.84. The molecule has 1 fully saturated rings. The van der Waals surface area contributed by atoms with Crippen LogP contribution in [0.2, 0.25) is 0 Å². The Morgan fingerprint density at radius 2 is 1.35 bits per heavy atom. The van der Waals surface area contributed by atoms with Crippen molar-refractivity contribution in [3.8, 4) is 0 Å². The zero-order chi connectivity index (χ0) is 15.6. The summed E-state index contributed by atoms with van der Waals surface area (Å²) in [5, 5.41) is 0. The summed E-state index contributed by atoms with van der Waals surface area (Å²) >= 11 is 0. The van der Waals surface area contributed by atoms with Gasteiger partial charge in [0.1, 0.15) is 0 Å². The molecule has 4 nitrogen and oxygen atoms in total. The Morgan fingerprint density at radius 3 is 1.65 bits per heavy atom. The Kier molecular flexibility index (Phi) is 5.83. The van der Waals surface area contributed by atoms with Gasteiger partial charge < -0.3 is 13.3 Å². The van der Waals surface area contributed by atoms with Crippen LogP contribution in [-0.2, 0) is 13.3 Å². The molecule has 0 unspecified atom stereocenters. The largest absolute Gasteiger partial charge is 0.599 e. The maximum absolute atomic E-state index is 5.76. The van der Waals surface area contributed by atoms with Crippen molar-refractivity contribution in [1.29, 1.82) is 0 Å². The van der Waals surface area contributed by atoms with E-state index in [4.69, 9.17) is 13.3 Å². The van der Waals surface area contributed by atoms with Crippen LogP contribution in [0.4, 0.5) is 0 Å². The van der Waals surface area contributed by atoms with Gasteiger partial charge in [0.05, 0.1) is 0 Å². The lowest BCUT2D eigenvalue weighted by Gasteiger charge is -2.58. The van der Waals surface area contributed by atoms with E-state index < -0.39 is 8.97 Å². The number of piperidine rings is 1. The summed E-state index contributed by atoms with van der Waals surface area (Å²) in [6.07, 6.45) is 4.87. The second-order valence-corrected chi connectivity index (χ2v) is 9.88. The van der Waals surface area contributed by atoms with Crippen LogP contribution in [0, 0.1) is 5.92 Å². The van der Waals surface area contributed by atoms with Gasteiger partial charge in [0, 0.05) is 32.4 Å². The average Bonchev–Trinajstić information content (AvgIpc) is 2.33. The van der Waals surface area contributed by atoms with Crippen LogP contribution in [0.3, 0.4) is 0 Å². The first kappa shape index (κ1) is 18.1. The van der Waals surface area contributed by atoms with E-state index in [-0.39, 0.29) is 11.1 Å². The Bertz CT molecular complexity index is 290. The van der Waals surface area contributed by atoms with Crippen LogP contribution < -0.4 is 0 Å². The topological polar surface area (TPSA) is 30.9 Å². The summed E-state index contributed by atoms with van der Waals surface area (Å²) in [5.41, 5.74) is 0.0195. The molecule has 0 aromatic carbocycles. The third-order valence-electron chi connectivity index (χ3n) is 4.53. The van der Waals surface area contributed by atoms with Crippen molar-refractivity contribution in [3.63, 3.8) is 0 Å². The summed E-state index contributed by atoms with van der Waals surface area (Å²) < 4.78 is 19.7. The molecular weight excluding hydrogens is 270 g/mol. The first-order valence-electron chi connectivity index (χ1n) is 7.65. The second kappa shape index (κ2) is 6.44. The van der Waals surface area contributed by atoms with E-state index in [1.54, 1.807) is 21.3 Å². The summed E-state index contributed by atoms with van der Waals surface area (Å²) in [4.78, 5) is 0. The van der Waals surface area contributed by atoms with Gasteiger partial charge in [-0.3, -0.25) is 0 Å². The molecule has 120 valence electrons. The average molecular weight is 304 g/mol. The molecule has 1 aliphatic heterocycles. The lowest BCUT2D eigenvalue weighted by Crippen LogP contribution is -2.74. The van der Waals surface area contributed by atoms with Gasteiger partial charge in [0.15, 0.2) is 0 Å². The highest BCUT2D eigenvalue weighted by atomic mass is 28.4. The van der Waals surface area contributed by atoms with E-state index in [9.17, 15) is 0 Å². The highest BCUT2D eigenvalue weighted by Gasteiger charge is 2.60. The predicted molar refractivity (Wildman–Crippen MR) is 84.4 cm³/mol. The van der Waals surface area contributed by atoms with Gasteiger partial charge in [-0.15, -0.1) is 0 Å². The summed E-state index contributed by atoms with van der Waals surface area (Å²) in [5.74, 6) is 0.763. The Labute approximate surface area is 126 Å². The molecule has 0 bridgehead atoms. The summed E-state index contributed by atoms with van der Waals surface area (Å²) in [6, 6.07) is 0. The van der Waals surface area contributed by atoms with E-state index >= 15 is 0 Å². The van der Waals surface area contributed by atoms with E-state index in [0.29, 0.717) is 0 Å². The molecule has 0 saturated carbocycles. The quantitative estimate of drug-likeness (QED) is 0.703. The van der Waals surface area contributed by atoms with Crippen LogP contribution in [0.15, 0.2) is 0 Å². The first-order valence-corrected chi connectivity index (χ1v) is 9.32.